The zero-order chi connectivity index (χ0) is 72.4. The lowest BCUT2D eigenvalue weighted by Crippen LogP contribution is -2.16. The summed E-state index contributed by atoms with van der Waals surface area (Å²) in [5.41, 5.74) is 25.0. The van der Waals surface area contributed by atoms with Crippen molar-refractivity contribution in [2.45, 2.75) is 209 Å². The van der Waals surface area contributed by atoms with E-state index in [4.69, 9.17) is 15.0 Å². The summed E-state index contributed by atoms with van der Waals surface area (Å²) in [6, 6.07) is 74.5. The maximum atomic E-state index is 5.89. The summed E-state index contributed by atoms with van der Waals surface area (Å²) in [5.74, 6) is 1.67. The van der Waals surface area contributed by atoms with E-state index in [2.05, 4.69) is 374 Å². The minimum atomic E-state index is -0.0654. The molecule has 0 unspecified atom stereocenters. The number of fused-ring (bicyclic) bond motifs is 9. The fourth-order valence-corrected chi connectivity index (χ4v) is 14.8. The van der Waals surface area contributed by atoms with Crippen LogP contribution in [0.1, 0.15) is 211 Å². The number of hydrogen-bond donors (Lipinski definition) is 0. The van der Waals surface area contributed by atoms with E-state index in [-0.39, 0.29) is 43.3 Å². The second kappa shape index (κ2) is 23.6. The van der Waals surface area contributed by atoms with E-state index in [1.54, 1.807) is 0 Å². The second-order valence-electron chi connectivity index (χ2n) is 37.3. The number of rotatable bonds is 7. The normalized spacial score (nSPS) is 13.3. The summed E-state index contributed by atoms with van der Waals surface area (Å²) < 4.78 is 7.23. The van der Waals surface area contributed by atoms with Gasteiger partial charge < -0.3 is 9.13 Å². The summed E-state index contributed by atoms with van der Waals surface area (Å²) in [5, 5.41) is 7.12. The van der Waals surface area contributed by atoms with Gasteiger partial charge in [-0.15, -0.1) is 0 Å². The zero-order valence-electron chi connectivity index (χ0n) is 64.7. The molecule has 0 amide bonds. The van der Waals surface area contributed by atoms with Gasteiger partial charge in [0.15, 0.2) is 11.6 Å². The molecule has 0 aliphatic rings. The standard InChI is InChI=1S/C95H104N6/c1-88(2,3)61-35-41-79-73(53-61)74-54-62(89(4,5)6)36-42-80(74)99(79)77-31-27-25-29-69(77)85-96-86(70-30-26-28-32-78(70)100-81-43-37-63(90(7,8)9)55-75(81)76-56-64(91(10,11)12)38-44-82(76)100)98-87(97-85)101-83-39-33-57(59-45-65(92(13,14)15)51-66(46-59)93(16,17)18)49-71(83)72-50-58(34-40-84(72)101)60-47-67(94(19,20)21)52-68(48-60)95(22,23)24/h25-56H,1-24H3. The second-order valence-corrected chi connectivity index (χ2v) is 37.3. The number of hydrogen-bond acceptors (Lipinski definition) is 3. The molecule has 6 heteroatoms. The van der Waals surface area contributed by atoms with Crippen molar-refractivity contribution in [1.29, 1.82) is 0 Å². The van der Waals surface area contributed by atoms with Gasteiger partial charge in [0.05, 0.1) is 44.5 Å². The van der Waals surface area contributed by atoms with E-state index < -0.39 is 0 Å². The lowest BCUT2D eigenvalue weighted by Gasteiger charge is -2.26. The first-order valence-corrected chi connectivity index (χ1v) is 36.7. The molecule has 0 aliphatic heterocycles. The van der Waals surface area contributed by atoms with Gasteiger partial charge in [0.25, 0.3) is 0 Å². The van der Waals surface area contributed by atoms with Gasteiger partial charge in [-0.05, 0) is 207 Å². The highest BCUT2D eigenvalue weighted by atomic mass is 15.2. The fraction of sp³-hybridized carbons (Fsp3) is 0.337. The quantitative estimate of drug-likeness (QED) is 0.160. The first-order valence-electron chi connectivity index (χ1n) is 36.7. The Balaban J connectivity index is 1.09. The van der Waals surface area contributed by atoms with Gasteiger partial charge in [0, 0.05) is 43.4 Å². The Labute approximate surface area is 601 Å². The van der Waals surface area contributed by atoms with E-state index in [0.717, 1.165) is 77.5 Å². The Kier molecular flexibility index (Phi) is 16.1. The zero-order valence-corrected chi connectivity index (χ0v) is 64.7. The Morgan fingerprint density at radius 2 is 0.455 bits per heavy atom. The first kappa shape index (κ1) is 68.7. The van der Waals surface area contributed by atoms with E-state index >= 15 is 0 Å². The Hall–Kier alpha value is -9.39. The van der Waals surface area contributed by atoms with E-state index in [9.17, 15) is 0 Å². The third kappa shape index (κ3) is 12.5. The van der Waals surface area contributed by atoms with Gasteiger partial charge >= 0.3 is 0 Å². The maximum Gasteiger partial charge on any atom is 0.238 e. The van der Waals surface area contributed by atoms with Crippen molar-refractivity contribution in [1.82, 2.24) is 28.7 Å². The predicted molar refractivity (Wildman–Crippen MR) is 434 cm³/mol. The Morgan fingerprint density at radius 3 is 0.733 bits per heavy atom. The SMILES string of the molecule is CC(C)(C)c1cc(-c2ccc3c(c2)c2cc(-c4cc(C(C)(C)C)cc(C(C)(C)C)c4)ccc2n3-c2nc(-c3ccccc3-n3c4ccc(C(C)(C)C)cc4c4cc(C(C)(C)C)ccc43)nc(-c3ccccc3-n3c4ccc(C(C)(C)C)cc4c4cc(C(C)(C)C)ccc43)n2)cc(C(C)(C)C)c1. The van der Waals surface area contributed by atoms with Crippen molar-refractivity contribution in [2.75, 3.05) is 0 Å². The van der Waals surface area contributed by atoms with Crippen LogP contribution in [-0.4, -0.2) is 28.7 Å². The van der Waals surface area contributed by atoms with Crippen molar-refractivity contribution in [3.05, 3.63) is 239 Å². The van der Waals surface area contributed by atoms with Gasteiger partial charge in [0.2, 0.25) is 5.95 Å². The molecule has 0 saturated heterocycles. The first-order chi connectivity index (χ1) is 47.1. The van der Waals surface area contributed by atoms with Crippen molar-refractivity contribution >= 4 is 65.4 Å². The molecular formula is C95H104N6. The van der Waals surface area contributed by atoms with Crippen molar-refractivity contribution in [3.8, 4) is 62.4 Å². The van der Waals surface area contributed by atoms with Crippen LogP contribution in [0, 0.1) is 0 Å². The molecule has 0 fully saturated rings. The highest BCUT2D eigenvalue weighted by Crippen LogP contribution is 2.46. The molecule has 10 aromatic carbocycles. The number of aromatic nitrogens is 6. The molecule has 14 aromatic rings. The minimum Gasteiger partial charge on any atom is -0.309 e. The molecule has 0 N–H and O–H groups in total. The number of para-hydroxylation sites is 2. The van der Waals surface area contributed by atoms with Crippen molar-refractivity contribution in [3.63, 3.8) is 0 Å². The molecule has 4 heterocycles. The molecule has 0 radical (unpaired) electrons. The molecule has 14 rings (SSSR count). The summed E-state index contributed by atoms with van der Waals surface area (Å²) in [4.78, 5) is 17.6. The molecule has 514 valence electrons. The highest BCUT2D eigenvalue weighted by Gasteiger charge is 2.30. The van der Waals surface area contributed by atoms with Crippen LogP contribution in [-0.2, 0) is 43.3 Å². The molecule has 0 spiro atoms. The minimum absolute atomic E-state index is 0.0592. The summed E-state index contributed by atoms with van der Waals surface area (Å²) in [6.07, 6.45) is 0. The summed E-state index contributed by atoms with van der Waals surface area (Å²) >= 11 is 0. The van der Waals surface area contributed by atoms with Crippen LogP contribution in [0.15, 0.2) is 194 Å². The molecule has 0 bridgehead atoms. The third-order valence-electron chi connectivity index (χ3n) is 21.4. The van der Waals surface area contributed by atoms with Crippen molar-refractivity contribution in [2.24, 2.45) is 0 Å². The van der Waals surface area contributed by atoms with Gasteiger partial charge in [-0.25, -0.2) is 4.98 Å². The largest absolute Gasteiger partial charge is 0.309 e. The van der Waals surface area contributed by atoms with Crippen molar-refractivity contribution < 1.29 is 0 Å². The lowest BCUT2D eigenvalue weighted by molar-refractivity contribution is 0.568. The van der Waals surface area contributed by atoms with Crippen LogP contribution in [0.25, 0.3) is 128 Å². The van der Waals surface area contributed by atoms with Gasteiger partial charge in [-0.2, -0.15) is 9.97 Å². The maximum absolute atomic E-state index is 5.89. The van der Waals surface area contributed by atoms with Gasteiger partial charge in [0.1, 0.15) is 0 Å². The third-order valence-corrected chi connectivity index (χ3v) is 21.4. The van der Waals surface area contributed by atoms with Crippen LogP contribution >= 0.6 is 0 Å². The Bertz CT molecular complexity index is 5100. The molecule has 0 aliphatic carbocycles. The van der Waals surface area contributed by atoms with Crippen LogP contribution in [0.2, 0.25) is 0 Å². The highest BCUT2D eigenvalue weighted by molar-refractivity contribution is 6.13. The smallest absolute Gasteiger partial charge is 0.238 e. The fourth-order valence-electron chi connectivity index (χ4n) is 14.8. The monoisotopic (exact) mass is 1330 g/mol. The molecule has 4 aromatic heterocycles. The van der Waals surface area contributed by atoms with Crippen LogP contribution in [0.4, 0.5) is 0 Å². The predicted octanol–water partition coefficient (Wildman–Crippen LogP) is 26.2. The summed E-state index contributed by atoms with van der Waals surface area (Å²) in [6.45, 7) is 55.6. The average molecular weight is 1330 g/mol. The number of benzene rings is 10. The molecule has 101 heavy (non-hydrogen) atoms. The van der Waals surface area contributed by atoms with E-state index in [1.165, 1.54) is 77.2 Å². The number of nitrogens with zero attached hydrogens (tertiary/aromatic N) is 6. The molecule has 0 atom stereocenters. The topological polar surface area (TPSA) is 53.5 Å². The van der Waals surface area contributed by atoms with Crippen LogP contribution in [0.3, 0.4) is 0 Å². The lowest BCUT2D eigenvalue weighted by atomic mass is 9.78. The Morgan fingerprint density at radius 1 is 0.208 bits per heavy atom. The van der Waals surface area contributed by atoms with Gasteiger partial charge in [-0.3, -0.25) is 4.57 Å². The van der Waals surface area contributed by atoms with Crippen LogP contribution < -0.4 is 0 Å². The molecule has 0 saturated carbocycles. The molecule has 6 nitrogen and oxygen atoms in total. The van der Waals surface area contributed by atoms with E-state index in [1.807, 2.05) is 0 Å². The average Bonchev–Trinajstić information content (AvgIpc) is 1.55. The van der Waals surface area contributed by atoms with E-state index in [0.29, 0.717) is 17.6 Å². The molecular weight excluding hydrogens is 1230 g/mol. The van der Waals surface area contributed by atoms with Crippen LogP contribution in [0.5, 0.6) is 0 Å². The van der Waals surface area contributed by atoms with Gasteiger partial charge in [-0.1, -0.05) is 263 Å². The summed E-state index contributed by atoms with van der Waals surface area (Å²) in [7, 11) is 0.